The summed E-state index contributed by atoms with van der Waals surface area (Å²) in [5.41, 5.74) is 2.50. The van der Waals surface area contributed by atoms with Gasteiger partial charge < -0.3 is 0 Å². The molecule has 0 amide bonds. The highest BCUT2D eigenvalue weighted by molar-refractivity contribution is 9.11. The number of benzene rings is 2. The molecule has 3 rings (SSSR count). The molecule has 0 unspecified atom stereocenters. The summed E-state index contributed by atoms with van der Waals surface area (Å²) in [6.07, 6.45) is 0. The lowest BCUT2D eigenvalue weighted by Crippen LogP contribution is -1.94. The molecular formula is C15H8Br2Cl2N2. The van der Waals surface area contributed by atoms with Crippen LogP contribution in [-0.4, -0.2) is 9.97 Å². The van der Waals surface area contributed by atoms with Crippen LogP contribution in [0.25, 0.3) is 22.3 Å². The van der Waals surface area contributed by atoms with Crippen molar-refractivity contribution in [3.63, 3.8) is 0 Å². The molecule has 0 saturated carbocycles. The fourth-order valence-electron chi connectivity index (χ4n) is 2.06. The van der Waals surface area contributed by atoms with Gasteiger partial charge in [0.25, 0.3) is 0 Å². The fourth-order valence-corrected chi connectivity index (χ4v) is 3.81. The predicted molar refractivity (Wildman–Crippen MR) is 95.1 cm³/mol. The van der Waals surface area contributed by atoms with E-state index < -0.39 is 0 Å². The molecule has 0 saturated heterocycles. The number of halogens is 4. The van der Waals surface area contributed by atoms with Gasteiger partial charge in [-0.2, -0.15) is 0 Å². The van der Waals surface area contributed by atoms with Gasteiger partial charge in [-0.05, 0) is 46.6 Å². The van der Waals surface area contributed by atoms with Crippen molar-refractivity contribution in [2.45, 2.75) is 6.92 Å². The molecule has 0 fully saturated rings. The van der Waals surface area contributed by atoms with Gasteiger partial charge in [0.05, 0.1) is 10.5 Å². The number of hydrogen-bond donors (Lipinski definition) is 0. The smallest absolute Gasteiger partial charge is 0.163 e. The Morgan fingerprint density at radius 2 is 1.81 bits per heavy atom. The summed E-state index contributed by atoms with van der Waals surface area (Å²) in [5.74, 6) is 0.518. The lowest BCUT2D eigenvalue weighted by Gasteiger charge is -2.09. The molecule has 1 heterocycles. The monoisotopic (exact) mass is 444 g/mol. The van der Waals surface area contributed by atoms with E-state index in [9.17, 15) is 0 Å². The summed E-state index contributed by atoms with van der Waals surface area (Å²) in [4.78, 5) is 8.99. The average Bonchev–Trinajstić information content (AvgIpc) is 2.43. The maximum atomic E-state index is 6.35. The van der Waals surface area contributed by atoms with E-state index in [1.807, 2.05) is 37.3 Å². The van der Waals surface area contributed by atoms with Crippen molar-refractivity contribution in [2.24, 2.45) is 0 Å². The van der Waals surface area contributed by atoms with E-state index in [0.717, 1.165) is 31.0 Å². The van der Waals surface area contributed by atoms with Crippen LogP contribution in [0.3, 0.4) is 0 Å². The molecule has 21 heavy (non-hydrogen) atoms. The van der Waals surface area contributed by atoms with Crippen molar-refractivity contribution >= 4 is 66.0 Å². The zero-order chi connectivity index (χ0) is 15.1. The summed E-state index contributed by atoms with van der Waals surface area (Å²) in [6.45, 7) is 1.95. The summed E-state index contributed by atoms with van der Waals surface area (Å²) >= 11 is 19.6. The van der Waals surface area contributed by atoms with Crippen molar-refractivity contribution < 1.29 is 0 Å². The minimum absolute atomic E-state index is 0.398. The molecule has 0 spiro atoms. The molecular weight excluding hydrogens is 439 g/mol. The topological polar surface area (TPSA) is 25.8 Å². The van der Waals surface area contributed by atoms with Crippen LogP contribution in [-0.2, 0) is 0 Å². The predicted octanol–water partition coefficient (Wildman–Crippen LogP) is 6.44. The standard InChI is InChI=1S/C15H8Br2Cl2N2/c1-7-3-2-4-9(12(7)18)15-20-13-10(14(19)21-15)5-8(16)6-11(13)17/h2-6H,1H3. The van der Waals surface area contributed by atoms with Crippen LogP contribution in [0.5, 0.6) is 0 Å². The van der Waals surface area contributed by atoms with Gasteiger partial charge in [-0.1, -0.05) is 51.3 Å². The Morgan fingerprint density at radius 3 is 2.57 bits per heavy atom. The molecule has 1 aromatic heterocycles. The van der Waals surface area contributed by atoms with Crippen LogP contribution in [0.15, 0.2) is 39.3 Å². The van der Waals surface area contributed by atoms with Gasteiger partial charge in [-0.25, -0.2) is 9.97 Å². The van der Waals surface area contributed by atoms with Crippen LogP contribution in [0, 0.1) is 6.92 Å². The molecule has 0 aliphatic carbocycles. The lowest BCUT2D eigenvalue weighted by atomic mass is 10.1. The molecule has 2 nitrogen and oxygen atoms in total. The molecule has 0 bridgehead atoms. The second-order valence-corrected chi connectivity index (χ2v) is 7.06. The number of fused-ring (bicyclic) bond motifs is 1. The molecule has 3 aromatic rings. The first-order valence-electron chi connectivity index (χ1n) is 6.05. The maximum Gasteiger partial charge on any atom is 0.163 e. The van der Waals surface area contributed by atoms with Gasteiger partial charge >= 0.3 is 0 Å². The minimum atomic E-state index is 0.398. The van der Waals surface area contributed by atoms with Crippen molar-refractivity contribution in [3.05, 3.63) is 55.0 Å². The SMILES string of the molecule is Cc1cccc(-c2nc(Cl)c3cc(Br)cc(Br)c3n2)c1Cl. The Hall–Kier alpha value is -0.680. The zero-order valence-corrected chi connectivity index (χ0v) is 15.5. The average molecular weight is 447 g/mol. The number of hydrogen-bond acceptors (Lipinski definition) is 2. The van der Waals surface area contributed by atoms with E-state index in [-0.39, 0.29) is 0 Å². The third-order valence-electron chi connectivity index (χ3n) is 3.10. The number of nitrogens with zero attached hydrogens (tertiary/aromatic N) is 2. The second kappa shape index (κ2) is 5.84. The highest BCUT2D eigenvalue weighted by atomic mass is 79.9. The van der Waals surface area contributed by atoms with Gasteiger partial charge in [0, 0.05) is 19.9 Å². The number of aryl methyl sites for hydroxylation is 1. The van der Waals surface area contributed by atoms with Crippen molar-refractivity contribution in [3.8, 4) is 11.4 Å². The Bertz CT molecular complexity index is 866. The molecule has 0 radical (unpaired) electrons. The Kier molecular flexibility index (Phi) is 4.23. The highest BCUT2D eigenvalue weighted by Gasteiger charge is 2.14. The Balaban J connectivity index is 2.33. The van der Waals surface area contributed by atoms with Gasteiger partial charge in [0.2, 0.25) is 0 Å². The number of aromatic nitrogens is 2. The summed E-state index contributed by atoms with van der Waals surface area (Å²) in [7, 11) is 0. The fraction of sp³-hybridized carbons (Fsp3) is 0.0667. The molecule has 0 atom stereocenters. The third kappa shape index (κ3) is 2.82. The van der Waals surface area contributed by atoms with Crippen LogP contribution in [0.2, 0.25) is 10.2 Å². The quantitative estimate of drug-likeness (QED) is 0.402. The lowest BCUT2D eigenvalue weighted by molar-refractivity contribution is 1.22. The molecule has 0 aliphatic heterocycles. The molecule has 106 valence electrons. The van der Waals surface area contributed by atoms with Gasteiger partial charge in [0.15, 0.2) is 5.82 Å². The van der Waals surface area contributed by atoms with E-state index in [1.165, 1.54) is 0 Å². The highest BCUT2D eigenvalue weighted by Crippen LogP contribution is 2.34. The van der Waals surface area contributed by atoms with Gasteiger partial charge in [0.1, 0.15) is 5.15 Å². The van der Waals surface area contributed by atoms with E-state index in [4.69, 9.17) is 23.2 Å². The van der Waals surface area contributed by atoms with E-state index in [0.29, 0.717) is 16.0 Å². The second-order valence-electron chi connectivity index (χ2n) is 4.56. The maximum absolute atomic E-state index is 6.35. The Morgan fingerprint density at radius 1 is 1.05 bits per heavy atom. The largest absolute Gasteiger partial charge is 0.227 e. The summed E-state index contributed by atoms with van der Waals surface area (Å²) < 4.78 is 1.76. The van der Waals surface area contributed by atoms with E-state index >= 15 is 0 Å². The molecule has 0 aliphatic rings. The normalized spacial score (nSPS) is 11.1. The third-order valence-corrected chi connectivity index (χ3v) is 4.96. The van der Waals surface area contributed by atoms with Crippen molar-refractivity contribution in [1.82, 2.24) is 9.97 Å². The zero-order valence-electron chi connectivity index (χ0n) is 10.8. The van der Waals surface area contributed by atoms with Crippen molar-refractivity contribution in [2.75, 3.05) is 0 Å². The van der Waals surface area contributed by atoms with E-state index in [2.05, 4.69) is 41.8 Å². The van der Waals surface area contributed by atoms with Gasteiger partial charge in [-0.3, -0.25) is 0 Å². The Labute approximate surface area is 148 Å². The summed E-state index contributed by atoms with van der Waals surface area (Å²) in [6, 6.07) is 9.58. The van der Waals surface area contributed by atoms with Crippen LogP contribution >= 0.6 is 55.1 Å². The molecule has 6 heteroatoms. The molecule has 2 aromatic carbocycles. The van der Waals surface area contributed by atoms with Crippen LogP contribution in [0.1, 0.15) is 5.56 Å². The molecule has 0 N–H and O–H groups in total. The van der Waals surface area contributed by atoms with Crippen LogP contribution < -0.4 is 0 Å². The van der Waals surface area contributed by atoms with Gasteiger partial charge in [-0.15, -0.1) is 0 Å². The van der Waals surface area contributed by atoms with Crippen molar-refractivity contribution in [1.29, 1.82) is 0 Å². The minimum Gasteiger partial charge on any atom is -0.227 e. The van der Waals surface area contributed by atoms with Crippen LogP contribution in [0.4, 0.5) is 0 Å². The first kappa shape index (κ1) is 15.2. The summed E-state index contributed by atoms with van der Waals surface area (Å²) in [5, 5.41) is 1.82. The first-order chi connectivity index (χ1) is 9.97. The first-order valence-corrected chi connectivity index (χ1v) is 8.39. The van der Waals surface area contributed by atoms with E-state index in [1.54, 1.807) is 0 Å². The number of rotatable bonds is 1.